The standard InChI is InChI=1S/C23H38N3O11PS/c1-13(2)36-20(30)14(3)25-38(33,34-9-10-39-21(31)23(4,5)6)35-12-16-15(11-27)18(29)19(37-16)26-8-7-17(28)24-22(26)32/h7-8,13-16,18-19,27,29H,9-12H2,1-6H3,(H,25,33)(H,24,28,32)/t14-,15+,16+,18+,19+,38?/m0/s1. The van der Waals surface area contributed by atoms with Crippen LogP contribution < -0.4 is 16.3 Å². The highest BCUT2D eigenvalue weighted by Crippen LogP contribution is 2.46. The van der Waals surface area contributed by atoms with Gasteiger partial charge < -0.3 is 19.7 Å². The van der Waals surface area contributed by atoms with Crippen LogP contribution in [-0.4, -0.2) is 80.8 Å². The van der Waals surface area contributed by atoms with Gasteiger partial charge in [0.2, 0.25) is 0 Å². The maximum Gasteiger partial charge on any atom is 0.406 e. The minimum absolute atomic E-state index is 0.0913. The normalized spacial score (nSPS) is 23.9. The number of aliphatic hydroxyl groups is 2. The average molecular weight is 596 g/mol. The van der Waals surface area contributed by atoms with Crippen molar-refractivity contribution in [3.63, 3.8) is 0 Å². The summed E-state index contributed by atoms with van der Waals surface area (Å²) >= 11 is 0.997. The lowest BCUT2D eigenvalue weighted by Gasteiger charge is -2.25. The summed E-state index contributed by atoms with van der Waals surface area (Å²) in [7, 11) is -4.23. The summed E-state index contributed by atoms with van der Waals surface area (Å²) in [5.41, 5.74) is -2.05. The quantitative estimate of drug-likeness (QED) is 0.142. The van der Waals surface area contributed by atoms with Crippen molar-refractivity contribution in [3.05, 3.63) is 33.1 Å². The van der Waals surface area contributed by atoms with E-state index >= 15 is 0 Å². The van der Waals surface area contributed by atoms with Gasteiger partial charge in [-0.3, -0.25) is 33.0 Å². The number of esters is 1. The Hall–Kier alpha value is -1.84. The van der Waals surface area contributed by atoms with Crippen LogP contribution in [0.25, 0.3) is 0 Å². The molecule has 1 aromatic heterocycles. The van der Waals surface area contributed by atoms with Gasteiger partial charge in [-0.25, -0.2) is 14.4 Å². The first-order valence-electron chi connectivity index (χ1n) is 12.4. The Morgan fingerprint density at radius 3 is 2.49 bits per heavy atom. The van der Waals surface area contributed by atoms with E-state index < -0.39 is 80.1 Å². The topological polar surface area (TPSA) is 195 Å². The molecule has 1 aromatic rings. The first-order chi connectivity index (χ1) is 18.1. The van der Waals surface area contributed by atoms with Gasteiger partial charge in [-0.05, 0) is 20.8 Å². The number of hydrogen-bond acceptors (Lipinski definition) is 12. The highest BCUT2D eigenvalue weighted by molar-refractivity contribution is 8.13. The lowest BCUT2D eigenvalue weighted by Crippen LogP contribution is -2.37. The number of hydrogen-bond donors (Lipinski definition) is 4. The number of aromatic nitrogens is 2. The molecule has 0 saturated carbocycles. The second-order valence-electron chi connectivity index (χ2n) is 10.3. The van der Waals surface area contributed by atoms with Gasteiger partial charge in [-0.2, -0.15) is 0 Å². The third-order valence-corrected chi connectivity index (χ3v) is 8.48. The van der Waals surface area contributed by atoms with Crippen LogP contribution in [0.3, 0.4) is 0 Å². The Kier molecular flexibility index (Phi) is 12.1. The van der Waals surface area contributed by atoms with Gasteiger partial charge in [-0.15, -0.1) is 0 Å². The Morgan fingerprint density at radius 1 is 1.26 bits per heavy atom. The van der Waals surface area contributed by atoms with E-state index in [1.54, 1.807) is 34.6 Å². The summed E-state index contributed by atoms with van der Waals surface area (Å²) in [4.78, 5) is 50.1. The van der Waals surface area contributed by atoms with Gasteiger partial charge in [0.1, 0.15) is 12.1 Å². The Labute approximate surface area is 230 Å². The zero-order valence-electron chi connectivity index (χ0n) is 22.8. The lowest BCUT2D eigenvalue weighted by atomic mass is 9.99. The molecule has 0 amide bonds. The van der Waals surface area contributed by atoms with Crippen LogP contribution in [0, 0.1) is 11.3 Å². The zero-order chi connectivity index (χ0) is 29.5. The number of rotatable bonds is 13. The van der Waals surface area contributed by atoms with Crippen LogP contribution in [0.5, 0.6) is 0 Å². The molecule has 16 heteroatoms. The van der Waals surface area contributed by atoms with Crippen molar-refractivity contribution >= 4 is 30.6 Å². The summed E-state index contributed by atoms with van der Waals surface area (Å²) in [6.45, 7) is 8.81. The van der Waals surface area contributed by atoms with E-state index in [0.29, 0.717) is 0 Å². The van der Waals surface area contributed by atoms with Gasteiger partial charge in [0.05, 0.1) is 32.0 Å². The molecule has 2 rings (SSSR count). The average Bonchev–Trinajstić information content (AvgIpc) is 3.14. The van der Waals surface area contributed by atoms with Gasteiger partial charge in [0.25, 0.3) is 5.56 Å². The number of carbonyl (C=O) groups is 2. The van der Waals surface area contributed by atoms with E-state index in [1.807, 2.05) is 0 Å². The van der Waals surface area contributed by atoms with E-state index in [2.05, 4.69) is 10.1 Å². The fourth-order valence-corrected chi connectivity index (χ4v) is 5.84. The Morgan fingerprint density at radius 2 is 1.92 bits per heavy atom. The molecule has 6 atom stereocenters. The van der Waals surface area contributed by atoms with Crippen LogP contribution >= 0.6 is 19.5 Å². The van der Waals surface area contributed by atoms with Crippen molar-refractivity contribution in [1.82, 2.24) is 14.6 Å². The van der Waals surface area contributed by atoms with E-state index in [9.17, 15) is 34.0 Å². The number of ether oxygens (including phenoxy) is 2. The third kappa shape index (κ3) is 9.64. The summed E-state index contributed by atoms with van der Waals surface area (Å²) in [6.07, 6.45) is -2.98. The fraction of sp³-hybridized carbons (Fsp3) is 0.739. The molecule has 2 heterocycles. The molecular formula is C23H38N3O11PS. The van der Waals surface area contributed by atoms with E-state index in [1.165, 1.54) is 6.92 Å². The first kappa shape index (κ1) is 33.4. The highest BCUT2D eigenvalue weighted by atomic mass is 32.2. The summed E-state index contributed by atoms with van der Waals surface area (Å²) in [6, 6.07) is -0.0281. The van der Waals surface area contributed by atoms with Gasteiger partial charge in [0.15, 0.2) is 11.3 Å². The Balaban J connectivity index is 2.15. The number of aliphatic hydroxyl groups excluding tert-OH is 2. The number of aromatic amines is 1. The predicted octanol–water partition coefficient (Wildman–Crippen LogP) is 0.780. The molecule has 0 aliphatic carbocycles. The summed E-state index contributed by atoms with van der Waals surface area (Å²) in [5, 5.41) is 23.0. The SMILES string of the molecule is CC(C)OC(=O)[C@H](C)NP(=O)(OCCSC(=O)C(C)(C)C)OC[C@H]1O[C@@H](n2ccc(=O)[nH]c2=O)[C@H](O)[C@@H]1CO. The molecule has 0 bridgehead atoms. The second kappa shape index (κ2) is 14.2. The van der Waals surface area contributed by atoms with Crippen molar-refractivity contribution in [1.29, 1.82) is 0 Å². The molecule has 1 aliphatic rings. The van der Waals surface area contributed by atoms with E-state index in [-0.39, 0.29) is 17.5 Å². The van der Waals surface area contributed by atoms with Crippen molar-refractivity contribution < 1.29 is 42.9 Å². The van der Waals surface area contributed by atoms with Gasteiger partial charge in [-0.1, -0.05) is 32.5 Å². The molecule has 4 N–H and O–H groups in total. The largest absolute Gasteiger partial charge is 0.462 e. The molecule has 0 spiro atoms. The maximum absolute atomic E-state index is 13.6. The first-order valence-corrected chi connectivity index (χ1v) is 14.9. The molecule has 0 aromatic carbocycles. The minimum Gasteiger partial charge on any atom is -0.462 e. The molecule has 1 saturated heterocycles. The molecule has 0 radical (unpaired) electrons. The predicted molar refractivity (Wildman–Crippen MR) is 142 cm³/mol. The zero-order valence-corrected chi connectivity index (χ0v) is 24.5. The van der Waals surface area contributed by atoms with Crippen molar-refractivity contribution in [2.75, 3.05) is 25.6 Å². The number of carbonyl (C=O) groups excluding carboxylic acids is 2. The summed E-state index contributed by atoms with van der Waals surface area (Å²) in [5.74, 6) is -1.50. The van der Waals surface area contributed by atoms with Crippen LogP contribution in [0.4, 0.5) is 0 Å². The molecule has 222 valence electrons. The van der Waals surface area contributed by atoms with Gasteiger partial charge >= 0.3 is 19.4 Å². The minimum atomic E-state index is -4.23. The summed E-state index contributed by atoms with van der Waals surface area (Å²) < 4.78 is 36.5. The third-order valence-electron chi connectivity index (χ3n) is 5.51. The highest BCUT2D eigenvalue weighted by Gasteiger charge is 2.46. The van der Waals surface area contributed by atoms with Crippen LogP contribution in [0.2, 0.25) is 0 Å². The van der Waals surface area contributed by atoms with Crippen LogP contribution in [0.15, 0.2) is 21.9 Å². The van der Waals surface area contributed by atoms with E-state index in [0.717, 1.165) is 28.6 Å². The van der Waals surface area contributed by atoms with Crippen molar-refractivity contribution in [2.24, 2.45) is 11.3 Å². The molecule has 1 aliphatic heterocycles. The lowest BCUT2D eigenvalue weighted by molar-refractivity contribution is -0.149. The molecule has 1 fully saturated rings. The molecule has 14 nitrogen and oxygen atoms in total. The van der Waals surface area contributed by atoms with Gasteiger partial charge in [0, 0.05) is 29.3 Å². The number of H-pyrrole nitrogens is 1. The van der Waals surface area contributed by atoms with E-state index in [4.69, 9.17) is 18.5 Å². The monoisotopic (exact) mass is 595 g/mol. The maximum atomic E-state index is 13.6. The van der Waals surface area contributed by atoms with Crippen LogP contribution in [0.1, 0.15) is 47.8 Å². The fourth-order valence-electron chi connectivity index (χ4n) is 3.45. The Bertz CT molecular complexity index is 1150. The molecular weight excluding hydrogens is 557 g/mol. The van der Waals surface area contributed by atoms with Crippen LogP contribution in [-0.2, 0) is 32.7 Å². The smallest absolute Gasteiger partial charge is 0.406 e. The second-order valence-corrected chi connectivity index (χ2v) is 13.1. The van der Waals surface area contributed by atoms with Crippen molar-refractivity contribution in [3.8, 4) is 0 Å². The number of nitrogens with zero attached hydrogens (tertiary/aromatic N) is 1. The number of thioether (sulfide) groups is 1. The van der Waals surface area contributed by atoms with Crippen molar-refractivity contribution in [2.45, 2.75) is 72.1 Å². The molecule has 39 heavy (non-hydrogen) atoms. The number of nitrogens with one attached hydrogen (secondary N) is 2. The molecule has 1 unspecified atom stereocenters.